The first kappa shape index (κ1) is 26.4. The number of benzene rings is 3. The molecule has 0 saturated carbocycles. The molecule has 9 heteroatoms. The van der Waals surface area contributed by atoms with Crippen molar-refractivity contribution in [2.45, 2.75) is 6.92 Å². The van der Waals surface area contributed by atoms with E-state index in [4.69, 9.17) is 28.2 Å². The van der Waals surface area contributed by atoms with E-state index in [0.717, 1.165) is 54.9 Å². The molecule has 1 fully saturated rings. The maximum atomic E-state index is 13.4. The Bertz CT molecular complexity index is 1770. The lowest BCUT2D eigenvalue weighted by Gasteiger charge is -2.35. The second kappa shape index (κ2) is 11.0. The number of nitrogens with zero attached hydrogens (tertiary/aromatic N) is 4. The van der Waals surface area contributed by atoms with Crippen LogP contribution in [0.1, 0.15) is 11.3 Å². The molecule has 2 aromatic heterocycles. The highest BCUT2D eigenvalue weighted by Gasteiger charge is 2.18. The van der Waals surface area contributed by atoms with Crippen molar-refractivity contribution in [1.29, 1.82) is 0 Å². The summed E-state index contributed by atoms with van der Waals surface area (Å²) in [5.74, 6) is 0.547. The molecule has 0 amide bonds. The summed E-state index contributed by atoms with van der Waals surface area (Å²) in [6.45, 7) is 6.89. The van der Waals surface area contributed by atoms with Crippen molar-refractivity contribution in [2.24, 2.45) is 7.05 Å². The molecule has 0 radical (unpaired) electrons. The number of rotatable bonds is 6. The van der Waals surface area contributed by atoms with Crippen LogP contribution in [0.5, 0.6) is 0 Å². The number of aromatic nitrogens is 3. The molecule has 204 valence electrons. The highest BCUT2D eigenvalue weighted by molar-refractivity contribution is 6.39. The van der Waals surface area contributed by atoms with Gasteiger partial charge in [0, 0.05) is 51.2 Å². The van der Waals surface area contributed by atoms with E-state index in [-0.39, 0.29) is 5.56 Å². The number of pyridine rings is 1. The Hall–Kier alpha value is -3.78. The summed E-state index contributed by atoms with van der Waals surface area (Å²) in [5.41, 5.74) is 5.01. The quantitative estimate of drug-likeness (QED) is 0.239. The summed E-state index contributed by atoms with van der Waals surface area (Å²) in [7, 11) is 1.88. The first-order valence-corrected chi connectivity index (χ1v) is 14.1. The predicted molar refractivity (Wildman–Crippen MR) is 167 cm³/mol. The molecule has 40 heavy (non-hydrogen) atoms. The van der Waals surface area contributed by atoms with E-state index in [1.165, 1.54) is 5.69 Å². The lowest BCUT2D eigenvalue weighted by atomic mass is 10.0. The number of aryl methyl sites for hydroxylation is 2. The maximum Gasteiger partial charge on any atom is 0.258 e. The van der Waals surface area contributed by atoms with Gasteiger partial charge in [0.05, 0.1) is 32.2 Å². The summed E-state index contributed by atoms with van der Waals surface area (Å²) in [6.07, 6.45) is 4.17. The second-order valence-electron chi connectivity index (χ2n) is 10.1. The summed E-state index contributed by atoms with van der Waals surface area (Å²) in [4.78, 5) is 26.1. The second-order valence-corrected chi connectivity index (χ2v) is 10.9. The molecule has 1 aliphatic rings. The number of hydrogen-bond acceptors (Lipinski definition) is 5. The third-order valence-corrected chi connectivity index (χ3v) is 8.29. The van der Waals surface area contributed by atoms with Gasteiger partial charge in [-0.15, -0.1) is 0 Å². The van der Waals surface area contributed by atoms with Gasteiger partial charge < -0.3 is 19.8 Å². The smallest absolute Gasteiger partial charge is 0.258 e. The zero-order valence-electron chi connectivity index (χ0n) is 22.4. The highest BCUT2D eigenvalue weighted by atomic mass is 35.5. The standard InChI is InChI=1S/C31H30Cl2N6O/c1-20-22-13-14-26-29(37(2)31(35-26)36-28-23(32)10-6-11-24(28)33)27(22)30(40)34-25(20)12-7-15-38-16-18-39(19-17-38)21-8-4-3-5-9-21/h3-14H,15-19H2,1-2H3,(H,34,40)(H,35,36). The normalized spacial score (nSPS) is 14.6. The van der Waals surface area contributed by atoms with Gasteiger partial charge in [0.1, 0.15) is 0 Å². The number of halogens is 2. The van der Waals surface area contributed by atoms with Gasteiger partial charge in [-0.1, -0.05) is 59.6 Å². The average molecular weight is 574 g/mol. The number of nitrogens with one attached hydrogen (secondary N) is 2. The molecule has 5 aromatic rings. The summed E-state index contributed by atoms with van der Waals surface area (Å²) in [6, 6.07) is 19.8. The fraction of sp³-hybridized carbons (Fsp3) is 0.226. The fourth-order valence-corrected chi connectivity index (χ4v) is 5.92. The number of aromatic amines is 1. The molecule has 0 bridgehead atoms. The third-order valence-electron chi connectivity index (χ3n) is 7.66. The molecule has 1 aliphatic heterocycles. The highest BCUT2D eigenvalue weighted by Crippen LogP contribution is 2.34. The van der Waals surface area contributed by atoms with Gasteiger partial charge in [-0.3, -0.25) is 9.69 Å². The zero-order valence-corrected chi connectivity index (χ0v) is 23.9. The van der Waals surface area contributed by atoms with Crippen LogP contribution in [0.15, 0.2) is 71.5 Å². The van der Waals surface area contributed by atoms with Crippen LogP contribution < -0.4 is 15.8 Å². The molecule has 3 aromatic carbocycles. The van der Waals surface area contributed by atoms with E-state index in [1.807, 2.05) is 36.7 Å². The number of fused-ring (bicyclic) bond motifs is 3. The van der Waals surface area contributed by atoms with Crippen molar-refractivity contribution < 1.29 is 0 Å². The van der Waals surface area contributed by atoms with E-state index in [9.17, 15) is 4.79 Å². The monoisotopic (exact) mass is 572 g/mol. The van der Waals surface area contributed by atoms with Crippen LogP contribution in [0.4, 0.5) is 17.3 Å². The Balaban J connectivity index is 1.23. The molecular formula is C31H30Cl2N6O. The van der Waals surface area contributed by atoms with Gasteiger partial charge >= 0.3 is 0 Å². The predicted octanol–water partition coefficient (Wildman–Crippen LogP) is 6.61. The van der Waals surface area contributed by atoms with E-state index in [1.54, 1.807) is 18.2 Å². The number of imidazole rings is 1. The van der Waals surface area contributed by atoms with Crippen molar-refractivity contribution in [3.8, 4) is 0 Å². The molecular weight excluding hydrogens is 543 g/mol. The van der Waals surface area contributed by atoms with Gasteiger partial charge in [-0.25, -0.2) is 4.98 Å². The van der Waals surface area contributed by atoms with Gasteiger partial charge in [0.2, 0.25) is 5.95 Å². The Morgan fingerprint density at radius 3 is 2.42 bits per heavy atom. The van der Waals surface area contributed by atoms with Crippen LogP contribution in [0, 0.1) is 6.92 Å². The van der Waals surface area contributed by atoms with Crippen molar-refractivity contribution in [2.75, 3.05) is 42.9 Å². The maximum absolute atomic E-state index is 13.4. The molecule has 6 rings (SSSR count). The first-order valence-electron chi connectivity index (χ1n) is 13.3. The fourth-order valence-electron chi connectivity index (χ4n) is 5.43. The van der Waals surface area contributed by atoms with Crippen molar-refractivity contribution >= 4 is 68.4 Å². The molecule has 0 aliphatic carbocycles. The molecule has 0 unspecified atom stereocenters. The average Bonchev–Trinajstić information content (AvgIpc) is 3.29. The number of anilines is 3. The van der Waals surface area contributed by atoms with Crippen molar-refractivity contribution in [3.05, 3.63) is 98.4 Å². The summed E-state index contributed by atoms with van der Waals surface area (Å²) < 4.78 is 1.87. The lowest BCUT2D eigenvalue weighted by Crippen LogP contribution is -2.46. The Morgan fingerprint density at radius 1 is 0.975 bits per heavy atom. The molecule has 0 atom stereocenters. The lowest BCUT2D eigenvalue weighted by molar-refractivity contribution is 0.284. The van der Waals surface area contributed by atoms with Crippen LogP contribution in [0.3, 0.4) is 0 Å². The Kier molecular flexibility index (Phi) is 7.27. The summed E-state index contributed by atoms with van der Waals surface area (Å²) >= 11 is 12.7. The minimum Gasteiger partial charge on any atom is -0.369 e. The summed E-state index contributed by atoms with van der Waals surface area (Å²) in [5, 5.41) is 5.73. The Morgan fingerprint density at radius 2 is 1.70 bits per heavy atom. The van der Waals surface area contributed by atoms with Crippen LogP contribution in [0.25, 0.3) is 27.9 Å². The van der Waals surface area contributed by atoms with Gasteiger partial charge in [-0.2, -0.15) is 0 Å². The number of para-hydroxylation sites is 2. The zero-order chi connectivity index (χ0) is 27.8. The largest absolute Gasteiger partial charge is 0.369 e. The number of hydrogen-bond donors (Lipinski definition) is 2. The van der Waals surface area contributed by atoms with Gasteiger partial charge in [0.25, 0.3) is 5.56 Å². The van der Waals surface area contributed by atoms with Gasteiger partial charge in [0.15, 0.2) is 0 Å². The minimum absolute atomic E-state index is 0.146. The molecule has 1 saturated heterocycles. The van der Waals surface area contributed by atoms with Crippen LogP contribution in [0.2, 0.25) is 10.0 Å². The topological polar surface area (TPSA) is 69.2 Å². The number of piperazine rings is 1. The van der Waals surface area contributed by atoms with Crippen LogP contribution in [-0.4, -0.2) is 52.2 Å². The first-order chi connectivity index (χ1) is 19.4. The minimum atomic E-state index is -0.146. The van der Waals surface area contributed by atoms with E-state index in [0.29, 0.717) is 32.6 Å². The van der Waals surface area contributed by atoms with E-state index >= 15 is 0 Å². The number of H-pyrrole nitrogens is 1. The van der Waals surface area contributed by atoms with Crippen molar-refractivity contribution in [3.63, 3.8) is 0 Å². The molecule has 7 nitrogen and oxygen atoms in total. The van der Waals surface area contributed by atoms with Crippen molar-refractivity contribution in [1.82, 2.24) is 19.4 Å². The molecule has 0 spiro atoms. The van der Waals surface area contributed by atoms with E-state index in [2.05, 4.69) is 56.5 Å². The van der Waals surface area contributed by atoms with E-state index < -0.39 is 0 Å². The van der Waals surface area contributed by atoms with Crippen LogP contribution >= 0.6 is 23.2 Å². The SMILES string of the molecule is Cc1c(C=CCN2CCN(c3ccccc3)CC2)[nH]c(=O)c2c1ccc1nc(Nc3c(Cl)cccc3Cl)n(C)c12. The Labute approximate surface area is 242 Å². The molecule has 2 N–H and O–H groups in total. The third kappa shape index (κ3) is 4.96. The van der Waals surface area contributed by atoms with Gasteiger partial charge in [-0.05, 0) is 54.3 Å². The van der Waals surface area contributed by atoms with Crippen LogP contribution in [-0.2, 0) is 7.05 Å². The molecule has 3 heterocycles.